The van der Waals surface area contributed by atoms with Crippen molar-refractivity contribution < 1.29 is 9.47 Å². The molecule has 0 amide bonds. The summed E-state index contributed by atoms with van der Waals surface area (Å²) in [6.45, 7) is 14.1. The Kier molecular flexibility index (Phi) is 10.3. The lowest BCUT2D eigenvalue weighted by Crippen LogP contribution is -2.41. The molecule has 3 nitrogen and oxygen atoms in total. The number of hydrogen-bond donors (Lipinski definition) is 0. The van der Waals surface area contributed by atoms with Gasteiger partial charge in [-0.1, -0.05) is 13.8 Å². The molecule has 0 spiro atoms. The smallest absolute Gasteiger partial charge is 0.0674 e. The van der Waals surface area contributed by atoms with Gasteiger partial charge in [0.25, 0.3) is 0 Å². The highest BCUT2D eigenvalue weighted by atomic mass is 16.5. The predicted molar refractivity (Wildman–Crippen MR) is 64.3 cm³/mol. The minimum absolute atomic E-state index is 0.404. The van der Waals surface area contributed by atoms with Crippen LogP contribution in [0, 0.1) is 0 Å². The molecule has 0 aromatic carbocycles. The van der Waals surface area contributed by atoms with Gasteiger partial charge < -0.3 is 9.47 Å². The summed E-state index contributed by atoms with van der Waals surface area (Å²) in [7, 11) is 0. The second-order valence-electron chi connectivity index (χ2n) is 3.53. The summed E-state index contributed by atoms with van der Waals surface area (Å²) in [5.74, 6) is 0. The molecule has 0 unspecified atom stereocenters. The van der Waals surface area contributed by atoms with E-state index in [2.05, 4.69) is 11.8 Å². The van der Waals surface area contributed by atoms with Crippen LogP contribution in [-0.2, 0) is 9.47 Å². The van der Waals surface area contributed by atoms with Crippen LogP contribution < -0.4 is 0 Å². The van der Waals surface area contributed by atoms with Gasteiger partial charge in [0.1, 0.15) is 0 Å². The fourth-order valence-electron chi connectivity index (χ4n) is 1.63. The molecule has 1 saturated heterocycles. The van der Waals surface area contributed by atoms with Gasteiger partial charge in [-0.25, -0.2) is 0 Å². The lowest BCUT2D eigenvalue weighted by Gasteiger charge is -2.30. The zero-order chi connectivity index (χ0) is 11.5. The summed E-state index contributed by atoms with van der Waals surface area (Å²) >= 11 is 0. The van der Waals surface area contributed by atoms with E-state index in [4.69, 9.17) is 9.47 Å². The quantitative estimate of drug-likeness (QED) is 0.659. The highest BCUT2D eigenvalue weighted by Crippen LogP contribution is 2.04. The lowest BCUT2D eigenvalue weighted by atomic mass is 10.3. The maximum Gasteiger partial charge on any atom is 0.0674 e. The number of hydrogen-bond acceptors (Lipinski definition) is 3. The van der Waals surface area contributed by atoms with Gasteiger partial charge in [0.05, 0.1) is 12.7 Å². The highest BCUT2D eigenvalue weighted by molar-refractivity contribution is 4.67. The molecular weight excluding hydrogens is 190 g/mol. The van der Waals surface area contributed by atoms with Crippen LogP contribution in [0.2, 0.25) is 0 Å². The van der Waals surface area contributed by atoms with Crippen molar-refractivity contribution >= 4 is 0 Å². The second kappa shape index (κ2) is 10.4. The van der Waals surface area contributed by atoms with E-state index >= 15 is 0 Å². The number of ether oxygens (including phenoxy) is 2. The van der Waals surface area contributed by atoms with E-state index in [0.29, 0.717) is 6.10 Å². The van der Waals surface area contributed by atoms with Crippen molar-refractivity contribution in [1.82, 2.24) is 4.90 Å². The van der Waals surface area contributed by atoms with E-state index in [1.54, 1.807) is 0 Å². The molecule has 0 saturated carbocycles. The van der Waals surface area contributed by atoms with Gasteiger partial charge in [0.2, 0.25) is 0 Å². The monoisotopic (exact) mass is 217 g/mol. The average molecular weight is 217 g/mol. The van der Waals surface area contributed by atoms with Crippen LogP contribution in [0.25, 0.3) is 0 Å². The summed E-state index contributed by atoms with van der Waals surface area (Å²) < 4.78 is 10.8. The van der Waals surface area contributed by atoms with Crippen LogP contribution in [0.3, 0.4) is 0 Å². The summed E-state index contributed by atoms with van der Waals surface area (Å²) in [6, 6.07) is 0. The normalized spacial score (nSPS) is 22.0. The van der Waals surface area contributed by atoms with Crippen LogP contribution in [0.1, 0.15) is 34.1 Å². The predicted octanol–water partition coefficient (Wildman–Crippen LogP) is 2.16. The molecule has 15 heavy (non-hydrogen) atoms. The van der Waals surface area contributed by atoms with Crippen molar-refractivity contribution in [1.29, 1.82) is 0 Å². The Labute approximate surface area is 94.7 Å². The first-order chi connectivity index (χ1) is 7.33. The Hall–Kier alpha value is -0.120. The molecule has 92 valence electrons. The summed E-state index contributed by atoms with van der Waals surface area (Å²) in [5, 5.41) is 0. The van der Waals surface area contributed by atoms with E-state index in [0.717, 1.165) is 45.9 Å². The van der Waals surface area contributed by atoms with Gasteiger partial charge in [0.15, 0.2) is 0 Å². The molecule has 0 radical (unpaired) electrons. The van der Waals surface area contributed by atoms with Crippen LogP contribution in [0.5, 0.6) is 0 Å². The first kappa shape index (κ1) is 14.9. The minimum atomic E-state index is 0.404. The van der Waals surface area contributed by atoms with Crippen LogP contribution in [0.15, 0.2) is 0 Å². The van der Waals surface area contributed by atoms with E-state index < -0.39 is 0 Å². The summed E-state index contributed by atoms with van der Waals surface area (Å²) in [5.41, 5.74) is 0. The van der Waals surface area contributed by atoms with Gasteiger partial charge >= 0.3 is 0 Å². The Balaban J connectivity index is 0.000000921. The van der Waals surface area contributed by atoms with Crippen molar-refractivity contribution in [3.63, 3.8) is 0 Å². The molecule has 0 aromatic heterocycles. The van der Waals surface area contributed by atoms with E-state index in [-0.39, 0.29) is 0 Å². The summed E-state index contributed by atoms with van der Waals surface area (Å²) in [4.78, 5) is 2.45. The van der Waals surface area contributed by atoms with Crippen LogP contribution >= 0.6 is 0 Å². The minimum Gasteiger partial charge on any atom is -0.382 e. The molecule has 1 atom stereocenters. The third kappa shape index (κ3) is 7.77. The van der Waals surface area contributed by atoms with Gasteiger partial charge in [0, 0.05) is 32.8 Å². The van der Waals surface area contributed by atoms with E-state index in [1.807, 2.05) is 20.8 Å². The van der Waals surface area contributed by atoms with Crippen molar-refractivity contribution in [2.24, 2.45) is 0 Å². The van der Waals surface area contributed by atoms with Gasteiger partial charge in [-0.05, 0) is 20.3 Å². The molecule has 3 heteroatoms. The third-order valence-electron chi connectivity index (χ3n) is 2.29. The zero-order valence-electron chi connectivity index (χ0n) is 10.8. The lowest BCUT2D eigenvalue weighted by molar-refractivity contribution is -0.0206. The third-order valence-corrected chi connectivity index (χ3v) is 2.29. The first-order valence-corrected chi connectivity index (χ1v) is 6.24. The molecule has 1 aliphatic rings. The fourth-order valence-corrected chi connectivity index (χ4v) is 1.63. The Morgan fingerprint density at radius 3 is 2.73 bits per heavy atom. The maximum atomic E-state index is 5.46. The molecule has 0 aromatic rings. The van der Waals surface area contributed by atoms with Crippen LogP contribution in [-0.4, -0.2) is 50.5 Å². The summed E-state index contributed by atoms with van der Waals surface area (Å²) in [6.07, 6.45) is 1.54. The van der Waals surface area contributed by atoms with Gasteiger partial charge in [-0.15, -0.1) is 0 Å². The number of morpholine rings is 1. The highest BCUT2D eigenvalue weighted by Gasteiger charge is 2.15. The van der Waals surface area contributed by atoms with Crippen LogP contribution in [0.4, 0.5) is 0 Å². The number of nitrogens with zero attached hydrogens (tertiary/aromatic N) is 1. The standard InChI is InChI=1S/C10H21NO2.C2H6/c1-3-12-7-4-5-11-6-8-13-10(2)9-11;1-2/h10H,3-9H2,1-2H3;1-2H3/t10-;/m1./s1. The van der Waals surface area contributed by atoms with Gasteiger partial charge in [-0.3, -0.25) is 4.90 Å². The average Bonchev–Trinajstić information content (AvgIpc) is 2.27. The molecule has 1 rings (SSSR count). The Morgan fingerprint density at radius 1 is 1.40 bits per heavy atom. The molecular formula is C12H27NO2. The van der Waals surface area contributed by atoms with Gasteiger partial charge in [-0.2, -0.15) is 0 Å². The second-order valence-corrected chi connectivity index (χ2v) is 3.53. The Morgan fingerprint density at radius 2 is 2.13 bits per heavy atom. The maximum absolute atomic E-state index is 5.46. The topological polar surface area (TPSA) is 21.7 Å². The largest absolute Gasteiger partial charge is 0.382 e. The molecule has 1 heterocycles. The molecule has 0 N–H and O–H groups in total. The van der Waals surface area contributed by atoms with Crippen molar-refractivity contribution in [3.8, 4) is 0 Å². The SMILES string of the molecule is CC.CCOCCCN1CCO[C@H](C)C1. The number of rotatable bonds is 5. The molecule has 0 bridgehead atoms. The Bertz CT molecular complexity index is 131. The zero-order valence-corrected chi connectivity index (χ0v) is 10.8. The molecule has 0 aliphatic carbocycles. The van der Waals surface area contributed by atoms with E-state index in [1.165, 1.54) is 0 Å². The first-order valence-electron chi connectivity index (χ1n) is 6.24. The van der Waals surface area contributed by atoms with Crippen molar-refractivity contribution in [3.05, 3.63) is 0 Å². The fraction of sp³-hybridized carbons (Fsp3) is 1.00. The van der Waals surface area contributed by atoms with E-state index in [9.17, 15) is 0 Å². The van der Waals surface area contributed by atoms with Crippen molar-refractivity contribution in [2.45, 2.75) is 40.2 Å². The molecule has 1 fully saturated rings. The van der Waals surface area contributed by atoms with Crippen molar-refractivity contribution in [2.75, 3.05) is 39.5 Å². The molecule has 1 aliphatic heterocycles.